The molecule has 1 atom stereocenters. The van der Waals surface area contributed by atoms with E-state index in [1.54, 1.807) is 32.2 Å². The van der Waals surface area contributed by atoms with Crippen LogP contribution in [0.5, 0.6) is 0 Å². The first kappa shape index (κ1) is 18.6. The minimum atomic E-state index is -0.775. The lowest BCUT2D eigenvalue weighted by Gasteiger charge is -2.18. The maximum atomic E-state index is 12.7. The van der Waals surface area contributed by atoms with Gasteiger partial charge in [0.2, 0.25) is 5.91 Å². The highest BCUT2D eigenvalue weighted by Gasteiger charge is 2.23. The predicted octanol–water partition coefficient (Wildman–Crippen LogP) is 2.20. The summed E-state index contributed by atoms with van der Waals surface area (Å²) in [6, 6.07) is 10.0. The molecule has 0 saturated carbocycles. The lowest BCUT2D eigenvalue weighted by molar-refractivity contribution is -0.122. The maximum absolute atomic E-state index is 12.7. The van der Waals surface area contributed by atoms with Crippen molar-refractivity contribution in [1.29, 1.82) is 0 Å². The number of nitrogens with zero attached hydrogens (tertiary/aromatic N) is 2. The summed E-state index contributed by atoms with van der Waals surface area (Å²) in [5.74, 6) is 0.286. The predicted molar refractivity (Wildman–Crippen MR) is 96.0 cm³/mol. The van der Waals surface area contributed by atoms with Gasteiger partial charge in [-0.1, -0.05) is 44.2 Å². The van der Waals surface area contributed by atoms with E-state index in [0.29, 0.717) is 17.3 Å². The molecule has 0 radical (unpaired) electrons. The van der Waals surface area contributed by atoms with Crippen molar-refractivity contribution >= 4 is 11.8 Å². The lowest BCUT2D eigenvalue weighted by Crippen LogP contribution is -2.39. The van der Waals surface area contributed by atoms with E-state index in [-0.39, 0.29) is 11.6 Å². The molecule has 0 aliphatic rings. The third-order valence-corrected chi connectivity index (χ3v) is 3.66. The Morgan fingerprint density at radius 3 is 2.40 bits per heavy atom. The van der Waals surface area contributed by atoms with Crippen LogP contribution in [0.4, 0.5) is 0 Å². The van der Waals surface area contributed by atoms with Crippen molar-refractivity contribution < 1.29 is 9.59 Å². The summed E-state index contributed by atoms with van der Waals surface area (Å²) in [4.78, 5) is 33.5. The molecule has 0 fully saturated rings. The fourth-order valence-corrected chi connectivity index (χ4v) is 2.56. The molecule has 0 aliphatic carbocycles. The van der Waals surface area contributed by atoms with Gasteiger partial charge in [-0.3, -0.25) is 9.59 Å². The smallest absolute Gasteiger partial charge is 0.270 e. The second-order valence-corrected chi connectivity index (χ2v) is 6.32. The molecule has 0 unspecified atom stereocenters. The third-order valence-electron chi connectivity index (χ3n) is 3.66. The van der Waals surface area contributed by atoms with E-state index < -0.39 is 11.9 Å². The summed E-state index contributed by atoms with van der Waals surface area (Å²) >= 11 is 0. The number of hydrogen-bond acceptors (Lipinski definition) is 4. The fourth-order valence-electron chi connectivity index (χ4n) is 2.56. The van der Waals surface area contributed by atoms with Gasteiger partial charge in [0.15, 0.2) is 0 Å². The van der Waals surface area contributed by atoms with Crippen LogP contribution in [0, 0.1) is 12.8 Å². The van der Waals surface area contributed by atoms with Crippen LogP contribution in [0.3, 0.4) is 0 Å². The zero-order chi connectivity index (χ0) is 18.4. The molecule has 0 aliphatic heterocycles. The average Bonchev–Trinajstić information content (AvgIpc) is 2.58. The summed E-state index contributed by atoms with van der Waals surface area (Å²) in [5, 5.41) is 5.35. The molecule has 2 N–H and O–H groups in total. The van der Waals surface area contributed by atoms with Crippen molar-refractivity contribution in [3.8, 4) is 0 Å². The molecular formula is C19H24N4O2. The number of hydrogen-bond donors (Lipinski definition) is 2. The Balaban J connectivity index is 2.26. The van der Waals surface area contributed by atoms with Crippen LogP contribution in [0.15, 0.2) is 36.4 Å². The SMILES string of the molecule is CNC(=O)[C@H](NC(=O)c1cc(CC(C)C)nc(C)n1)c1ccccc1. The number of nitrogens with one attached hydrogen (secondary N) is 2. The standard InChI is InChI=1S/C19H24N4O2/c1-12(2)10-15-11-16(22-13(3)21-15)18(24)23-17(19(25)20-4)14-8-6-5-7-9-14/h5-9,11-12,17H,10H2,1-4H3,(H,20,25)(H,23,24)/t17-/m1/s1. The van der Waals surface area contributed by atoms with Crippen LogP contribution < -0.4 is 10.6 Å². The Kier molecular flexibility index (Phi) is 6.22. The third kappa shape index (κ3) is 5.11. The van der Waals surface area contributed by atoms with Gasteiger partial charge in [0.1, 0.15) is 17.6 Å². The van der Waals surface area contributed by atoms with Gasteiger partial charge in [-0.2, -0.15) is 0 Å². The van der Waals surface area contributed by atoms with Gasteiger partial charge < -0.3 is 10.6 Å². The molecule has 1 heterocycles. The average molecular weight is 340 g/mol. The zero-order valence-corrected chi connectivity index (χ0v) is 15.0. The summed E-state index contributed by atoms with van der Waals surface area (Å²) in [5.41, 5.74) is 1.81. The highest BCUT2D eigenvalue weighted by atomic mass is 16.2. The summed E-state index contributed by atoms with van der Waals surface area (Å²) in [6.45, 7) is 5.94. The van der Waals surface area contributed by atoms with E-state index in [4.69, 9.17) is 0 Å². The first-order valence-corrected chi connectivity index (χ1v) is 8.32. The number of carbonyl (C=O) groups is 2. The Morgan fingerprint density at radius 1 is 1.12 bits per heavy atom. The first-order chi connectivity index (χ1) is 11.9. The summed E-state index contributed by atoms with van der Waals surface area (Å²) < 4.78 is 0. The Hall–Kier alpha value is -2.76. The first-order valence-electron chi connectivity index (χ1n) is 8.32. The topological polar surface area (TPSA) is 84.0 Å². The number of aryl methyl sites for hydroxylation is 1. The summed E-state index contributed by atoms with van der Waals surface area (Å²) in [7, 11) is 1.54. The quantitative estimate of drug-likeness (QED) is 0.844. The van der Waals surface area contributed by atoms with Crippen LogP contribution in [-0.2, 0) is 11.2 Å². The number of benzene rings is 1. The number of rotatable bonds is 6. The molecule has 0 saturated heterocycles. The molecule has 25 heavy (non-hydrogen) atoms. The largest absolute Gasteiger partial charge is 0.357 e. The Bertz CT molecular complexity index is 744. The van der Waals surface area contributed by atoms with Crippen LogP contribution in [0.2, 0.25) is 0 Å². The number of carbonyl (C=O) groups excluding carboxylic acids is 2. The molecule has 0 bridgehead atoms. The van der Waals surface area contributed by atoms with E-state index in [2.05, 4.69) is 34.4 Å². The summed E-state index contributed by atoms with van der Waals surface area (Å²) in [6.07, 6.45) is 0.765. The number of likely N-dealkylation sites (N-methyl/N-ethyl adjacent to an activating group) is 1. The van der Waals surface area contributed by atoms with E-state index in [1.165, 1.54) is 0 Å². The molecule has 2 amide bonds. The van der Waals surface area contributed by atoms with E-state index in [9.17, 15) is 9.59 Å². The number of aromatic nitrogens is 2. The van der Waals surface area contributed by atoms with Crippen LogP contribution in [0.25, 0.3) is 0 Å². The van der Waals surface area contributed by atoms with E-state index >= 15 is 0 Å². The van der Waals surface area contributed by atoms with Gasteiger partial charge in [-0.05, 0) is 30.9 Å². The van der Waals surface area contributed by atoms with Gasteiger partial charge in [0, 0.05) is 12.7 Å². The molecule has 2 aromatic rings. The molecule has 1 aromatic carbocycles. The van der Waals surface area contributed by atoms with Crippen LogP contribution in [0.1, 0.15) is 47.5 Å². The molecule has 0 spiro atoms. The molecule has 6 nitrogen and oxygen atoms in total. The zero-order valence-electron chi connectivity index (χ0n) is 15.0. The minimum Gasteiger partial charge on any atom is -0.357 e. The second-order valence-electron chi connectivity index (χ2n) is 6.32. The number of amides is 2. The van der Waals surface area contributed by atoms with Crippen molar-refractivity contribution in [2.75, 3.05) is 7.05 Å². The van der Waals surface area contributed by atoms with E-state index in [0.717, 1.165) is 12.1 Å². The van der Waals surface area contributed by atoms with E-state index in [1.807, 2.05) is 18.2 Å². The highest BCUT2D eigenvalue weighted by Crippen LogP contribution is 2.14. The molecule has 6 heteroatoms. The highest BCUT2D eigenvalue weighted by molar-refractivity contribution is 5.96. The van der Waals surface area contributed by atoms with Crippen molar-refractivity contribution in [2.24, 2.45) is 5.92 Å². The van der Waals surface area contributed by atoms with Gasteiger partial charge in [0.05, 0.1) is 0 Å². The van der Waals surface area contributed by atoms with Crippen molar-refractivity contribution in [2.45, 2.75) is 33.2 Å². The second kappa shape index (κ2) is 8.37. The van der Waals surface area contributed by atoms with Gasteiger partial charge >= 0.3 is 0 Å². The lowest BCUT2D eigenvalue weighted by atomic mass is 10.1. The normalized spacial score (nSPS) is 11.9. The van der Waals surface area contributed by atoms with Crippen molar-refractivity contribution in [3.63, 3.8) is 0 Å². The molecule has 1 aromatic heterocycles. The maximum Gasteiger partial charge on any atom is 0.270 e. The van der Waals surface area contributed by atoms with Crippen molar-refractivity contribution in [3.05, 3.63) is 59.2 Å². The molecule has 2 rings (SSSR count). The Labute approximate surface area is 148 Å². The molecular weight excluding hydrogens is 316 g/mol. The molecule has 132 valence electrons. The van der Waals surface area contributed by atoms with Gasteiger partial charge in [-0.25, -0.2) is 9.97 Å². The van der Waals surface area contributed by atoms with Gasteiger partial charge in [0.25, 0.3) is 5.91 Å². The minimum absolute atomic E-state index is 0.271. The Morgan fingerprint density at radius 2 is 1.80 bits per heavy atom. The van der Waals surface area contributed by atoms with Crippen molar-refractivity contribution in [1.82, 2.24) is 20.6 Å². The van der Waals surface area contributed by atoms with Gasteiger partial charge in [-0.15, -0.1) is 0 Å². The van der Waals surface area contributed by atoms with Crippen LogP contribution >= 0.6 is 0 Å². The fraction of sp³-hybridized carbons (Fsp3) is 0.368. The van der Waals surface area contributed by atoms with Crippen LogP contribution in [-0.4, -0.2) is 28.8 Å². The monoisotopic (exact) mass is 340 g/mol.